The monoisotopic (exact) mass is 338 g/mol. The van der Waals surface area contributed by atoms with Gasteiger partial charge in [0, 0.05) is 18.1 Å². The Morgan fingerprint density at radius 1 is 1.19 bits per heavy atom. The molecule has 4 nitrogen and oxygen atoms in total. The molecule has 0 radical (unpaired) electrons. The van der Waals surface area contributed by atoms with Crippen LogP contribution in [0.2, 0.25) is 5.02 Å². The third-order valence-corrected chi connectivity index (χ3v) is 3.43. The molecular formula is C12H11Cl2F3N4. The van der Waals surface area contributed by atoms with Gasteiger partial charge in [-0.15, -0.1) is 22.6 Å². The molecule has 1 aliphatic rings. The summed E-state index contributed by atoms with van der Waals surface area (Å²) in [5, 5.41) is 10.7. The molecule has 0 fully saturated rings. The minimum atomic E-state index is -4.49. The smallest absolute Gasteiger partial charge is 0.304 e. The van der Waals surface area contributed by atoms with Gasteiger partial charge >= 0.3 is 6.18 Å². The largest absolute Gasteiger partial charge is 0.451 e. The van der Waals surface area contributed by atoms with Gasteiger partial charge in [-0.1, -0.05) is 23.7 Å². The van der Waals surface area contributed by atoms with Crippen LogP contribution in [0.3, 0.4) is 0 Å². The van der Waals surface area contributed by atoms with Crippen LogP contribution in [0, 0.1) is 0 Å². The zero-order valence-corrected chi connectivity index (χ0v) is 12.1. The van der Waals surface area contributed by atoms with Crippen molar-refractivity contribution in [1.82, 2.24) is 20.1 Å². The predicted molar refractivity (Wildman–Crippen MR) is 73.6 cm³/mol. The summed E-state index contributed by atoms with van der Waals surface area (Å²) in [6, 6.07) is 6.50. The Morgan fingerprint density at radius 2 is 1.86 bits per heavy atom. The number of rotatable bonds is 1. The highest BCUT2D eigenvalue weighted by Gasteiger charge is 2.40. The third kappa shape index (κ3) is 3.00. The van der Waals surface area contributed by atoms with Crippen LogP contribution in [0.25, 0.3) is 0 Å². The second kappa shape index (κ2) is 5.82. The van der Waals surface area contributed by atoms with Gasteiger partial charge in [0.2, 0.25) is 5.82 Å². The summed E-state index contributed by atoms with van der Waals surface area (Å²) < 4.78 is 39.6. The van der Waals surface area contributed by atoms with Gasteiger partial charge in [-0.2, -0.15) is 13.2 Å². The summed E-state index contributed by atoms with van der Waals surface area (Å²) in [5.41, 5.74) is 0.802. The molecule has 1 aromatic heterocycles. The molecule has 21 heavy (non-hydrogen) atoms. The second-order valence-corrected chi connectivity index (χ2v) is 4.91. The first kappa shape index (κ1) is 16.1. The molecule has 1 aliphatic heterocycles. The summed E-state index contributed by atoms with van der Waals surface area (Å²) in [4.78, 5) is 0. The Balaban J connectivity index is 0.00000161. The van der Waals surface area contributed by atoms with Crippen LogP contribution in [-0.4, -0.2) is 21.3 Å². The molecule has 2 heterocycles. The van der Waals surface area contributed by atoms with Crippen molar-refractivity contribution >= 4 is 24.0 Å². The van der Waals surface area contributed by atoms with Crippen LogP contribution >= 0.6 is 24.0 Å². The summed E-state index contributed by atoms with van der Waals surface area (Å²) in [7, 11) is 0. The number of nitrogens with zero attached hydrogens (tertiary/aromatic N) is 3. The van der Waals surface area contributed by atoms with Crippen molar-refractivity contribution in [1.29, 1.82) is 0 Å². The van der Waals surface area contributed by atoms with Crippen molar-refractivity contribution in [2.24, 2.45) is 0 Å². The molecule has 114 valence electrons. The Morgan fingerprint density at radius 3 is 2.48 bits per heavy atom. The zero-order chi connectivity index (χ0) is 14.3. The summed E-state index contributed by atoms with van der Waals surface area (Å²) >= 11 is 5.81. The maximum Gasteiger partial charge on any atom is 0.451 e. The standard InChI is InChI=1S/C12H10ClF3N4.ClH/c13-8-3-1-7(2-4-8)9-10-18-19-11(12(14,15)16)20(10)6-5-17-9;/h1-4,9,17H,5-6H2;1H. The van der Waals surface area contributed by atoms with Crippen LogP contribution in [-0.2, 0) is 12.7 Å². The summed E-state index contributed by atoms with van der Waals surface area (Å²) in [6.45, 7) is 0.614. The molecule has 2 aromatic rings. The molecule has 1 atom stereocenters. The van der Waals surface area contributed by atoms with Crippen molar-refractivity contribution in [2.45, 2.75) is 18.8 Å². The fourth-order valence-electron chi connectivity index (χ4n) is 2.29. The number of hydrogen-bond acceptors (Lipinski definition) is 3. The van der Waals surface area contributed by atoms with E-state index in [-0.39, 0.29) is 24.8 Å². The molecule has 0 saturated heterocycles. The average molecular weight is 339 g/mol. The molecule has 0 saturated carbocycles. The minimum absolute atomic E-state index is 0. The number of hydrogen-bond donors (Lipinski definition) is 1. The quantitative estimate of drug-likeness (QED) is 0.868. The molecule has 1 unspecified atom stereocenters. The van der Waals surface area contributed by atoms with Crippen molar-refractivity contribution in [3.63, 3.8) is 0 Å². The van der Waals surface area contributed by atoms with Crippen molar-refractivity contribution < 1.29 is 13.2 Å². The number of nitrogens with one attached hydrogen (secondary N) is 1. The van der Waals surface area contributed by atoms with E-state index in [9.17, 15) is 13.2 Å². The maximum absolute atomic E-state index is 12.8. The van der Waals surface area contributed by atoms with Crippen molar-refractivity contribution in [3.05, 3.63) is 46.5 Å². The third-order valence-electron chi connectivity index (χ3n) is 3.18. The number of alkyl halides is 3. The first-order valence-electron chi connectivity index (χ1n) is 5.96. The first-order chi connectivity index (χ1) is 9.47. The topological polar surface area (TPSA) is 42.7 Å². The summed E-state index contributed by atoms with van der Waals surface area (Å²) in [5.74, 6) is -0.682. The molecule has 0 spiro atoms. The van der Waals surface area contributed by atoms with Gasteiger partial charge in [0.15, 0.2) is 5.82 Å². The van der Waals surface area contributed by atoms with E-state index in [0.717, 1.165) is 10.1 Å². The fourth-order valence-corrected chi connectivity index (χ4v) is 2.42. The van der Waals surface area contributed by atoms with E-state index in [2.05, 4.69) is 15.5 Å². The zero-order valence-electron chi connectivity index (χ0n) is 10.6. The molecule has 0 aliphatic carbocycles. The van der Waals surface area contributed by atoms with Crippen LogP contribution in [0.15, 0.2) is 24.3 Å². The lowest BCUT2D eigenvalue weighted by Crippen LogP contribution is -2.35. The fraction of sp³-hybridized carbons (Fsp3) is 0.333. The van der Waals surface area contributed by atoms with E-state index in [0.29, 0.717) is 11.6 Å². The van der Waals surface area contributed by atoms with Gasteiger partial charge in [0.05, 0.1) is 6.04 Å². The Bertz CT molecular complexity index is 624. The van der Waals surface area contributed by atoms with Crippen LogP contribution in [0.5, 0.6) is 0 Å². The van der Waals surface area contributed by atoms with E-state index < -0.39 is 18.0 Å². The Kier molecular flexibility index (Phi) is 4.46. The normalized spacial score (nSPS) is 18.0. The molecule has 0 bridgehead atoms. The lowest BCUT2D eigenvalue weighted by molar-refractivity contribution is -0.147. The lowest BCUT2D eigenvalue weighted by atomic mass is 10.0. The molecule has 0 amide bonds. The van der Waals surface area contributed by atoms with Crippen molar-refractivity contribution in [3.8, 4) is 0 Å². The highest BCUT2D eigenvalue weighted by atomic mass is 35.5. The average Bonchev–Trinajstić information content (AvgIpc) is 2.83. The lowest BCUT2D eigenvalue weighted by Gasteiger charge is -2.25. The first-order valence-corrected chi connectivity index (χ1v) is 6.34. The molecule has 9 heteroatoms. The van der Waals surface area contributed by atoms with Gasteiger partial charge in [-0.05, 0) is 17.7 Å². The van der Waals surface area contributed by atoms with Gasteiger partial charge in [0.25, 0.3) is 0 Å². The van der Waals surface area contributed by atoms with E-state index in [1.807, 2.05) is 0 Å². The van der Waals surface area contributed by atoms with E-state index >= 15 is 0 Å². The Hall–Kier alpha value is -1.31. The van der Waals surface area contributed by atoms with Gasteiger partial charge in [-0.3, -0.25) is 0 Å². The van der Waals surface area contributed by atoms with Gasteiger partial charge in [0.1, 0.15) is 0 Å². The van der Waals surface area contributed by atoms with Crippen molar-refractivity contribution in [2.75, 3.05) is 6.54 Å². The van der Waals surface area contributed by atoms with Gasteiger partial charge in [-0.25, -0.2) is 0 Å². The van der Waals surface area contributed by atoms with Gasteiger partial charge < -0.3 is 9.88 Å². The highest BCUT2D eigenvalue weighted by Crippen LogP contribution is 2.32. The number of aromatic nitrogens is 3. The Labute approximate surface area is 129 Å². The van der Waals surface area contributed by atoms with E-state index in [1.165, 1.54) is 0 Å². The van der Waals surface area contributed by atoms with Crippen LogP contribution in [0.4, 0.5) is 13.2 Å². The number of halogens is 5. The number of benzene rings is 1. The molecular weight excluding hydrogens is 328 g/mol. The van der Waals surface area contributed by atoms with Crippen LogP contribution < -0.4 is 5.32 Å². The van der Waals surface area contributed by atoms with E-state index in [4.69, 9.17) is 11.6 Å². The molecule has 1 aromatic carbocycles. The maximum atomic E-state index is 12.8. The summed E-state index contributed by atoms with van der Waals surface area (Å²) in [6.07, 6.45) is -4.49. The SMILES string of the molecule is Cl.FC(F)(F)c1nnc2n1CCNC2c1ccc(Cl)cc1. The predicted octanol–water partition coefficient (Wildman–Crippen LogP) is 3.06. The van der Waals surface area contributed by atoms with Crippen LogP contribution in [0.1, 0.15) is 23.3 Å². The highest BCUT2D eigenvalue weighted by molar-refractivity contribution is 6.30. The molecule has 1 N–H and O–H groups in total. The minimum Gasteiger partial charge on any atom is -0.304 e. The molecule has 3 rings (SSSR count). The van der Waals surface area contributed by atoms with E-state index in [1.54, 1.807) is 24.3 Å². The second-order valence-electron chi connectivity index (χ2n) is 4.47. The number of fused-ring (bicyclic) bond motifs is 1.